The molecule has 0 saturated heterocycles. The van der Waals surface area contributed by atoms with Crippen LogP contribution in [0.4, 0.5) is 0 Å². The van der Waals surface area contributed by atoms with Crippen LogP contribution in [-0.4, -0.2) is 24.9 Å². The number of aliphatic imine (C=N–C) groups is 2. The first-order valence-corrected chi connectivity index (χ1v) is 2.68. The van der Waals surface area contributed by atoms with Crippen molar-refractivity contribution < 1.29 is 0 Å². The first-order chi connectivity index (χ1) is 4.72. The molecule has 3 N–H and O–H groups in total. The van der Waals surface area contributed by atoms with Gasteiger partial charge in [-0.15, -0.1) is 0 Å². The number of hydrogen-bond donors (Lipinski definition) is 2. The largest absolute Gasteiger partial charge is 0.381 e. The fraction of sp³-hybridized carbons (Fsp3) is 0.167. The Morgan fingerprint density at radius 2 is 2.30 bits per heavy atom. The van der Waals surface area contributed by atoms with Crippen molar-refractivity contribution in [1.29, 1.82) is 5.41 Å². The number of rotatable bonds is 1. The SMILES string of the molecule is C=CC=NC(=NC)C(=N)N. The Balaban J connectivity index is 4.25. The van der Waals surface area contributed by atoms with E-state index in [1.165, 1.54) is 19.3 Å². The van der Waals surface area contributed by atoms with E-state index in [1.54, 1.807) is 0 Å². The van der Waals surface area contributed by atoms with E-state index >= 15 is 0 Å². The zero-order chi connectivity index (χ0) is 7.98. The molecule has 0 bridgehead atoms. The highest BCUT2D eigenvalue weighted by atomic mass is 14.9. The Hall–Kier alpha value is -1.45. The number of amidine groups is 2. The van der Waals surface area contributed by atoms with Crippen LogP contribution in [0.15, 0.2) is 22.6 Å². The maximum Gasteiger partial charge on any atom is 0.189 e. The van der Waals surface area contributed by atoms with Crippen molar-refractivity contribution in [2.24, 2.45) is 15.7 Å². The molecule has 0 heterocycles. The summed E-state index contributed by atoms with van der Waals surface area (Å²) in [5, 5.41) is 6.93. The molecule has 4 nitrogen and oxygen atoms in total. The number of nitrogens with two attached hydrogens (primary N) is 1. The zero-order valence-corrected chi connectivity index (χ0v) is 5.83. The Morgan fingerprint density at radius 1 is 1.70 bits per heavy atom. The summed E-state index contributed by atoms with van der Waals surface area (Å²) in [6.45, 7) is 3.41. The van der Waals surface area contributed by atoms with E-state index in [-0.39, 0.29) is 11.7 Å². The van der Waals surface area contributed by atoms with Gasteiger partial charge in [0.1, 0.15) is 0 Å². The van der Waals surface area contributed by atoms with Crippen molar-refractivity contribution >= 4 is 17.9 Å². The third kappa shape index (κ3) is 2.76. The Kier molecular flexibility index (Phi) is 3.79. The summed E-state index contributed by atoms with van der Waals surface area (Å²) in [5.74, 6) is 0.0838. The van der Waals surface area contributed by atoms with E-state index in [0.717, 1.165) is 0 Å². The third-order valence-corrected chi connectivity index (χ3v) is 0.755. The first kappa shape index (κ1) is 8.55. The summed E-state index contributed by atoms with van der Waals surface area (Å²) in [6.07, 6.45) is 2.93. The Morgan fingerprint density at radius 3 is 2.60 bits per heavy atom. The van der Waals surface area contributed by atoms with Gasteiger partial charge in [-0.25, -0.2) is 4.99 Å². The molecule has 0 aromatic rings. The maximum absolute atomic E-state index is 6.93. The molecular weight excluding hydrogens is 128 g/mol. The predicted octanol–water partition coefficient (Wildman–Crippen LogP) is 0.207. The molecule has 4 heteroatoms. The minimum atomic E-state index is -0.138. The molecule has 0 saturated carbocycles. The maximum atomic E-state index is 6.93. The van der Waals surface area contributed by atoms with E-state index < -0.39 is 0 Å². The fourth-order valence-corrected chi connectivity index (χ4v) is 0.371. The van der Waals surface area contributed by atoms with Gasteiger partial charge in [-0.3, -0.25) is 10.4 Å². The van der Waals surface area contributed by atoms with E-state index in [1.807, 2.05) is 0 Å². The van der Waals surface area contributed by atoms with Crippen molar-refractivity contribution in [3.8, 4) is 0 Å². The molecule has 0 aliphatic heterocycles. The minimum absolute atomic E-state index is 0.138. The summed E-state index contributed by atoms with van der Waals surface area (Å²) in [5.41, 5.74) is 5.09. The highest BCUT2D eigenvalue weighted by Gasteiger charge is 1.94. The molecule has 0 rings (SSSR count). The molecule has 0 aliphatic rings. The quantitative estimate of drug-likeness (QED) is 0.394. The first-order valence-electron chi connectivity index (χ1n) is 2.68. The highest BCUT2D eigenvalue weighted by Crippen LogP contribution is 1.77. The monoisotopic (exact) mass is 138 g/mol. The number of nitrogens with zero attached hydrogens (tertiary/aromatic N) is 2. The lowest BCUT2D eigenvalue weighted by Gasteiger charge is -1.91. The molecule has 0 radical (unpaired) electrons. The van der Waals surface area contributed by atoms with Crippen LogP contribution in [-0.2, 0) is 0 Å². The van der Waals surface area contributed by atoms with Crippen LogP contribution in [0.1, 0.15) is 0 Å². The van der Waals surface area contributed by atoms with Gasteiger partial charge in [-0.2, -0.15) is 0 Å². The third-order valence-electron chi connectivity index (χ3n) is 0.755. The van der Waals surface area contributed by atoms with Crippen LogP contribution >= 0.6 is 0 Å². The summed E-state index contributed by atoms with van der Waals surface area (Å²) < 4.78 is 0. The number of nitrogens with one attached hydrogen (secondary N) is 1. The van der Waals surface area contributed by atoms with Crippen LogP contribution in [0.2, 0.25) is 0 Å². The number of hydrogen-bond acceptors (Lipinski definition) is 2. The van der Waals surface area contributed by atoms with Gasteiger partial charge in [0.05, 0.1) is 0 Å². The summed E-state index contributed by atoms with van der Waals surface area (Å²) >= 11 is 0. The molecule has 0 aliphatic carbocycles. The lowest BCUT2D eigenvalue weighted by molar-refractivity contribution is 1.39. The van der Waals surface area contributed by atoms with Crippen molar-refractivity contribution in [1.82, 2.24) is 0 Å². The Bertz CT molecular complexity index is 190. The molecule has 0 atom stereocenters. The van der Waals surface area contributed by atoms with Crippen molar-refractivity contribution in [2.45, 2.75) is 0 Å². The molecule has 0 amide bonds. The summed E-state index contributed by atoms with van der Waals surface area (Å²) in [4.78, 5) is 7.36. The molecular formula is C6H10N4. The standard InChI is InChI=1S/C6H10N4/c1-3-4-10-6(9-2)5(7)8/h3-4H,1H2,2H3,(H3,7,8). The summed E-state index contributed by atoms with van der Waals surface area (Å²) in [7, 11) is 1.52. The number of allylic oxidation sites excluding steroid dienone is 1. The van der Waals surface area contributed by atoms with Crippen molar-refractivity contribution in [3.05, 3.63) is 12.7 Å². The van der Waals surface area contributed by atoms with Crippen LogP contribution in [0.25, 0.3) is 0 Å². The van der Waals surface area contributed by atoms with E-state index in [0.29, 0.717) is 0 Å². The van der Waals surface area contributed by atoms with Crippen LogP contribution < -0.4 is 5.73 Å². The predicted molar refractivity (Wildman–Crippen MR) is 44.0 cm³/mol. The van der Waals surface area contributed by atoms with E-state index in [4.69, 9.17) is 11.1 Å². The average molecular weight is 138 g/mol. The molecule has 0 aromatic carbocycles. The lowest BCUT2D eigenvalue weighted by atomic mass is 10.5. The van der Waals surface area contributed by atoms with E-state index in [9.17, 15) is 0 Å². The zero-order valence-electron chi connectivity index (χ0n) is 5.83. The molecule has 0 fully saturated rings. The normalized spacial score (nSPS) is 11.9. The van der Waals surface area contributed by atoms with Gasteiger partial charge in [0, 0.05) is 13.3 Å². The van der Waals surface area contributed by atoms with Crippen molar-refractivity contribution in [3.63, 3.8) is 0 Å². The van der Waals surface area contributed by atoms with Gasteiger partial charge >= 0.3 is 0 Å². The molecule has 54 valence electrons. The van der Waals surface area contributed by atoms with Crippen LogP contribution in [0.3, 0.4) is 0 Å². The molecule has 0 aromatic heterocycles. The lowest BCUT2D eigenvalue weighted by Crippen LogP contribution is -2.20. The average Bonchev–Trinajstić information content (AvgIpc) is 1.89. The van der Waals surface area contributed by atoms with Crippen LogP contribution in [0.5, 0.6) is 0 Å². The smallest absolute Gasteiger partial charge is 0.189 e. The van der Waals surface area contributed by atoms with Crippen molar-refractivity contribution in [2.75, 3.05) is 7.05 Å². The van der Waals surface area contributed by atoms with Gasteiger partial charge in [-0.05, 0) is 0 Å². The van der Waals surface area contributed by atoms with Gasteiger partial charge in [0.2, 0.25) is 0 Å². The van der Waals surface area contributed by atoms with Gasteiger partial charge in [0.15, 0.2) is 11.7 Å². The molecule has 0 unspecified atom stereocenters. The van der Waals surface area contributed by atoms with Gasteiger partial charge in [-0.1, -0.05) is 12.7 Å². The van der Waals surface area contributed by atoms with E-state index in [2.05, 4.69) is 16.6 Å². The summed E-state index contributed by atoms with van der Waals surface area (Å²) in [6, 6.07) is 0. The molecule has 0 spiro atoms. The minimum Gasteiger partial charge on any atom is -0.381 e. The second kappa shape index (κ2) is 4.43. The van der Waals surface area contributed by atoms with Crippen LogP contribution in [0, 0.1) is 5.41 Å². The molecule has 10 heavy (non-hydrogen) atoms. The fourth-order valence-electron chi connectivity index (χ4n) is 0.371. The highest BCUT2D eigenvalue weighted by molar-refractivity contribution is 6.40. The van der Waals surface area contributed by atoms with Gasteiger partial charge < -0.3 is 5.73 Å². The van der Waals surface area contributed by atoms with Gasteiger partial charge in [0.25, 0.3) is 0 Å². The topological polar surface area (TPSA) is 74.6 Å². The second-order valence-corrected chi connectivity index (χ2v) is 1.47. The Labute approximate surface area is 59.7 Å². The second-order valence-electron chi connectivity index (χ2n) is 1.47.